The molecule has 1 heterocycles. The molecule has 256 valence electrons. The summed E-state index contributed by atoms with van der Waals surface area (Å²) in [7, 11) is 0. The normalized spacial score (nSPS) is 22.7. The molecule has 2 aromatic carbocycles. The van der Waals surface area contributed by atoms with E-state index in [-0.39, 0.29) is 61.1 Å². The molecule has 0 radical (unpaired) electrons. The van der Waals surface area contributed by atoms with E-state index in [2.05, 4.69) is 11.8 Å². The third-order valence-corrected chi connectivity index (χ3v) is 8.78. The van der Waals surface area contributed by atoms with E-state index in [0.717, 1.165) is 37.5 Å². The van der Waals surface area contributed by atoms with Gasteiger partial charge in [0, 0.05) is 50.2 Å². The van der Waals surface area contributed by atoms with Crippen LogP contribution in [-0.2, 0) is 14.3 Å². The summed E-state index contributed by atoms with van der Waals surface area (Å²) in [4.78, 5) is 24.8. The van der Waals surface area contributed by atoms with Crippen LogP contribution in [0.1, 0.15) is 61.7 Å². The number of benzene rings is 2. The van der Waals surface area contributed by atoms with Crippen LogP contribution < -0.4 is 9.47 Å². The van der Waals surface area contributed by atoms with Crippen LogP contribution in [0.5, 0.6) is 11.5 Å². The fourth-order valence-electron chi connectivity index (χ4n) is 6.19. The second-order valence-corrected chi connectivity index (χ2v) is 12.4. The predicted octanol–water partition coefficient (Wildman–Crippen LogP) is 5.65. The first-order chi connectivity index (χ1) is 23.2. The maximum Gasteiger partial charge on any atom is 0.338 e. The highest BCUT2D eigenvalue weighted by Crippen LogP contribution is 2.42. The Morgan fingerprint density at radius 2 is 1.81 bits per heavy atom. The highest BCUT2D eigenvalue weighted by molar-refractivity contribution is 5.89. The molecule has 2 N–H and O–H groups in total. The van der Waals surface area contributed by atoms with Gasteiger partial charge in [-0.15, -0.1) is 24.7 Å². The number of fused-ring (bicyclic) bond motifs is 1. The van der Waals surface area contributed by atoms with E-state index in [9.17, 15) is 28.6 Å². The van der Waals surface area contributed by atoms with Crippen molar-refractivity contribution in [3.8, 4) is 36.2 Å². The SMILES string of the molecule is C#CCC(CC#C)COC(=O)c1ccc(OC(=O)CCC[C@H]2CC[C@@H]3[C@@H](/C=C/C(O)COc4cc(F)ccc4F)[C@H](O)C[C@@H]3OC2)cc1. The lowest BCUT2D eigenvalue weighted by molar-refractivity contribution is -0.134. The van der Waals surface area contributed by atoms with Crippen LogP contribution in [0.15, 0.2) is 54.6 Å². The van der Waals surface area contributed by atoms with Crippen molar-refractivity contribution in [1.29, 1.82) is 0 Å². The summed E-state index contributed by atoms with van der Waals surface area (Å²) in [6, 6.07) is 9.01. The molecule has 10 heteroatoms. The summed E-state index contributed by atoms with van der Waals surface area (Å²) >= 11 is 0. The summed E-state index contributed by atoms with van der Waals surface area (Å²) in [5.74, 6) is 2.83. The Kier molecular flexibility index (Phi) is 14.0. The fourth-order valence-corrected chi connectivity index (χ4v) is 6.19. The molecular formula is C38H42F2O8. The summed E-state index contributed by atoms with van der Waals surface area (Å²) in [5, 5.41) is 21.0. The van der Waals surface area contributed by atoms with Crippen LogP contribution in [-0.4, -0.2) is 60.3 Å². The van der Waals surface area contributed by atoms with Crippen molar-refractivity contribution in [1.82, 2.24) is 0 Å². The zero-order valence-corrected chi connectivity index (χ0v) is 26.8. The lowest BCUT2D eigenvalue weighted by Gasteiger charge is -2.21. The van der Waals surface area contributed by atoms with E-state index in [1.165, 1.54) is 18.2 Å². The zero-order valence-electron chi connectivity index (χ0n) is 26.8. The molecule has 4 rings (SSSR count). The number of halogens is 2. The summed E-state index contributed by atoms with van der Waals surface area (Å²) in [6.45, 7) is 0.387. The largest absolute Gasteiger partial charge is 0.487 e. The highest BCUT2D eigenvalue weighted by Gasteiger charge is 2.43. The minimum absolute atomic E-state index is 0.0626. The number of terminal acetylenes is 2. The van der Waals surface area contributed by atoms with Crippen molar-refractivity contribution < 1.29 is 47.5 Å². The Bertz CT molecular complexity index is 1460. The Balaban J connectivity index is 1.16. The molecule has 0 spiro atoms. The Morgan fingerprint density at radius 3 is 2.54 bits per heavy atom. The van der Waals surface area contributed by atoms with Gasteiger partial charge < -0.3 is 29.2 Å². The van der Waals surface area contributed by atoms with Crippen molar-refractivity contribution in [2.24, 2.45) is 23.7 Å². The number of esters is 2. The van der Waals surface area contributed by atoms with E-state index in [1.54, 1.807) is 18.2 Å². The molecule has 1 aliphatic heterocycles. The monoisotopic (exact) mass is 664 g/mol. The lowest BCUT2D eigenvalue weighted by atomic mass is 9.86. The van der Waals surface area contributed by atoms with Gasteiger partial charge >= 0.3 is 11.9 Å². The molecule has 8 nitrogen and oxygen atoms in total. The summed E-state index contributed by atoms with van der Waals surface area (Å²) in [6.07, 6.45) is 16.7. The van der Waals surface area contributed by atoms with Crippen LogP contribution in [0.25, 0.3) is 0 Å². The second kappa shape index (κ2) is 18.4. The molecule has 0 bridgehead atoms. The molecule has 1 saturated carbocycles. The van der Waals surface area contributed by atoms with E-state index >= 15 is 0 Å². The number of aliphatic hydroxyl groups excluding tert-OH is 2. The quantitative estimate of drug-likeness (QED) is 0.109. The first kappa shape index (κ1) is 36.6. The zero-order chi connectivity index (χ0) is 34.5. The van der Waals surface area contributed by atoms with Gasteiger partial charge in [-0.1, -0.05) is 12.2 Å². The van der Waals surface area contributed by atoms with Crippen LogP contribution in [0.3, 0.4) is 0 Å². The van der Waals surface area contributed by atoms with Gasteiger partial charge in [0.25, 0.3) is 0 Å². The average Bonchev–Trinajstić information content (AvgIpc) is 3.23. The standard InChI is InChI=1S/C38H42F2O8/c1-3-6-25(7-4-2)23-47-38(44)27-11-15-30(16-12-27)48-37(43)9-5-8-26-10-17-32-31(34(42)21-35(32)45-22-26)18-14-29(41)24-46-36-20-28(39)13-19-33(36)40/h1-2,11-16,18-20,25-26,29,31-32,34-35,41-42H,5-10,17,21-24H2/b18-14+/t26-,29?,31+,32+,34+,35-/m0/s1. The topological polar surface area (TPSA) is 112 Å². The number of aliphatic hydroxyl groups is 2. The van der Waals surface area contributed by atoms with Crippen LogP contribution >= 0.6 is 0 Å². The lowest BCUT2D eigenvalue weighted by Crippen LogP contribution is -2.22. The molecule has 1 saturated heterocycles. The minimum atomic E-state index is -1.07. The fraction of sp³-hybridized carbons (Fsp3) is 0.474. The second-order valence-electron chi connectivity index (χ2n) is 12.4. The molecule has 2 aliphatic rings. The van der Waals surface area contributed by atoms with E-state index in [1.807, 2.05) is 0 Å². The van der Waals surface area contributed by atoms with Gasteiger partial charge in [0.05, 0.1) is 24.4 Å². The van der Waals surface area contributed by atoms with Crippen LogP contribution in [0.2, 0.25) is 0 Å². The summed E-state index contributed by atoms with van der Waals surface area (Å²) in [5.41, 5.74) is 0.320. The predicted molar refractivity (Wildman–Crippen MR) is 174 cm³/mol. The maximum atomic E-state index is 13.8. The van der Waals surface area contributed by atoms with Gasteiger partial charge in [0.2, 0.25) is 0 Å². The number of carbonyl (C=O) groups excluding carboxylic acids is 2. The third-order valence-electron chi connectivity index (χ3n) is 8.78. The summed E-state index contributed by atoms with van der Waals surface area (Å²) < 4.78 is 49.3. The minimum Gasteiger partial charge on any atom is -0.487 e. The molecule has 1 unspecified atom stereocenters. The Morgan fingerprint density at radius 1 is 1.06 bits per heavy atom. The maximum absolute atomic E-state index is 13.8. The molecule has 6 atom stereocenters. The van der Waals surface area contributed by atoms with Crippen molar-refractivity contribution in [3.63, 3.8) is 0 Å². The van der Waals surface area contributed by atoms with Gasteiger partial charge in [-0.25, -0.2) is 13.6 Å². The van der Waals surface area contributed by atoms with Crippen molar-refractivity contribution >= 4 is 11.9 Å². The molecule has 0 amide bonds. The van der Waals surface area contributed by atoms with Crippen LogP contribution in [0.4, 0.5) is 8.78 Å². The first-order valence-corrected chi connectivity index (χ1v) is 16.3. The highest BCUT2D eigenvalue weighted by atomic mass is 19.1. The van der Waals surface area contributed by atoms with Crippen molar-refractivity contribution in [2.75, 3.05) is 19.8 Å². The van der Waals surface area contributed by atoms with Gasteiger partial charge in [-0.3, -0.25) is 4.79 Å². The number of rotatable bonds is 15. The molecule has 1 aliphatic carbocycles. The van der Waals surface area contributed by atoms with E-state index in [0.29, 0.717) is 43.6 Å². The molecule has 2 aromatic rings. The molecule has 0 aromatic heterocycles. The smallest absolute Gasteiger partial charge is 0.338 e. The van der Waals surface area contributed by atoms with E-state index in [4.69, 9.17) is 31.8 Å². The van der Waals surface area contributed by atoms with Gasteiger partial charge in [0.15, 0.2) is 11.6 Å². The average molecular weight is 665 g/mol. The van der Waals surface area contributed by atoms with Crippen molar-refractivity contribution in [3.05, 3.63) is 71.8 Å². The molecule has 48 heavy (non-hydrogen) atoms. The van der Waals surface area contributed by atoms with Gasteiger partial charge in [-0.05, 0) is 73.9 Å². The van der Waals surface area contributed by atoms with Crippen molar-refractivity contribution in [2.45, 2.75) is 69.7 Å². The number of hydrogen-bond donors (Lipinski definition) is 2. The Labute approximate surface area is 280 Å². The van der Waals surface area contributed by atoms with Crippen LogP contribution in [0, 0.1) is 60.0 Å². The van der Waals surface area contributed by atoms with E-state index < -0.39 is 29.8 Å². The number of carbonyl (C=O) groups is 2. The molecular weight excluding hydrogens is 622 g/mol. The third kappa shape index (κ3) is 10.9. The first-order valence-electron chi connectivity index (χ1n) is 16.3. The number of hydrogen-bond acceptors (Lipinski definition) is 8. The molecule has 2 fully saturated rings. The van der Waals surface area contributed by atoms with Gasteiger partial charge in [0.1, 0.15) is 24.3 Å². The Hall–Kier alpha value is -4.22. The number of ether oxygens (including phenoxy) is 4. The van der Waals surface area contributed by atoms with Gasteiger partial charge in [-0.2, -0.15) is 0 Å².